The number of halogens is 5. The summed E-state index contributed by atoms with van der Waals surface area (Å²) in [6.07, 6.45) is -8.48. The number of amides is 1. The number of carbonyl (C=O) groups excluding carboxylic acids is 1. The minimum atomic E-state index is -4.91. The highest BCUT2D eigenvalue weighted by atomic mass is 19.4. The number of benzene rings is 1. The number of hydrogen-bond donors (Lipinski definition) is 2. The quantitative estimate of drug-likeness (QED) is 0.567. The summed E-state index contributed by atoms with van der Waals surface area (Å²) in [6, 6.07) is 4.30. The van der Waals surface area contributed by atoms with Gasteiger partial charge in [-0.3, -0.25) is 10.00 Å². The minimum Gasteiger partial charge on any atom is -0.431 e. The minimum absolute atomic E-state index is 0.00275. The van der Waals surface area contributed by atoms with E-state index in [9.17, 15) is 26.7 Å². The molecule has 12 heteroatoms. The molecule has 3 atom stereocenters. The molecule has 3 aromatic rings. The molecule has 0 bridgehead atoms. The van der Waals surface area contributed by atoms with Gasteiger partial charge in [0.25, 0.3) is 0 Å². The van der Waals surface area contributed by atoms with Crippen molar-refractivity contribution in [1.82, 2.24) is 20.1 Å². The zero-order chi connectivity index (χ0) is 22.6. The highest BCUT2D eigenvalue weighted by Crippen LogP contribution is 2.46. The summed E-state index contributed by atoms with van der Waals surface area (Å²) in [5.41, 5.74) is -0.0857. The fourth-order valence-electron chi connectivity index (χ4n) is 4.21. The van der Waals surface area contributed by atoms with Gasteiger partial charge in [0, 0.05) is 23.7 Å². The maximum Gasteiger partial charge on any atom is 0.430 e. The molecule has 32 heavy (non-hydrogen) atoms. The van der Waals surface area contributed by atoms with Crippen molar-refractivity contribution >= 4 is 22.8 Å². The van der Waals surface area contributed by atoms with Crippen LogP contribution in [0.5, 0.6) is 0 Å². The molecular weight excluding hydrogens is 437 g/mol. The average Bonchev–Trinajstić information content (AvgIpc) is 3.10. The Kier molecular flexibility index (Phi) is 4.77. The second-order valence-corrected chi connectivity index (χ2v) is 7.60. The lowest BCUT2D eigenvalue weighted by Gasteiger charge is -2.28. The van der Waals surface area contributed by atoms with Gasteiger partial charge < -0.3 is 10.1 Å². The number of cyclic esters (lactones) is 1. The predicted molar refractivity (Wildman–Crippen MR) is 103 cm³/mol. The number of aromatic nitrogens is 3. The zero-order valence-corrected chi connectivity index (χ0v) is 16.3. The lowest BCUT2D eigenvalue weighted by atomic mass is 9.97. The van der Waals surface area contributed by atoms with Gasteiger partial charge >= 0.3 is 12.3 Å². The molecule has 4 heterocycles. The maximum atomic E-state index is 14.7. The molecule has 7 nitrogen and oxygen atoms in total. The molecule has 0 radical (unpaired) electrons. The van der Waals surface area contributed by atoms with E-state index in [1.54, 1.807) is 0 Å². The van der Waals surface area contributed by atoms with E-state index in [-0.39, 0.29) is 29.1 Å². The van der Waals surface area contributed by atoms with Gasteiger partial charge in [0.15, 0.2) is 0 Å². The molecule has 1 saturated heterocycles. The Morgan fingerprint density at radius 3 is 2.78 bits per heavy atom. The first-order valence-electron chi connectivity index (χ1n) is 9.80. The highest BCUT2D eigenvalue weighted by molar-refractivity contribution is 5.97. The molecule has 168 valence electrons. The van der Waals surface area contributed by atoms with Crippen LogP contribution in [0.15, 0.2) is 30.5 Å². The first kappa shape index (κ1) is 20.6. The third-order valence-corrected chi connectivity index (χ3v) is 5.61. The van der Waals surface area contributed by atoms with Crippen molar-refractivity contribution in [3.63, 3.8) is 0 Å². The number of nitrogens with zero attached hydrogens (tertiary/aromatic N) is 3. The van der Waals surface area contributed by atoms with Crippen LogP contribution in [0, 0.1) is 5.82 Å². The SMILES string of the molecule is O=C1Nc2nccc(-c3nn([C@@H]4CCNC[C@@H]4F)c4cc(F)ccc34)c2[C@H](C(F)(F)F)O1. The summed E-state index contributed by atoms with van der Waals surface area (Å²) in [6.45, 7) is 0.592. The van der Waals surface area contributed by atoms with Gasteiger partial charge in [-0.25, -0.2) is 18.6 Å². The van der Waals surface area contributed by atoms with E-state index in [1.165, 1.54) is 29.1 Å². The number of rotatable bonds is 2. The van der Waals surface area contributed by atoms with Gasteiger partial charge in [0.2, 0.25) is 6.10 Å². The molecule has 2 aliphatic rings. The molecule has 0 aliphatic carbocycles. The van der Waals surface area contributed by atoms with Crippen LogP contribution in [0.25, 0.3) is 22.2 Å². The summed E-state index contributed by atoms with van der Waals surface area (Å²) in [4.78, 5) is 15.5. The van der Waals surface area contributed by atoms with Crippen LogP contribution in [0.2, 0.25) is 0 Å². The Balaban J connectivity index is 1.75. The van der Waals surface area contributed by atoms with E-state index in [0.717, 1.165) is 6.07 Å². The number of ether oxygens (including phenoxy) is 1. The van der Waals surface area contributed by atoms with E-state index in [1.807, 2.05) is 0 Å². The highest BCUT2D eigenvalue weighted by Gasteiger charge is 2.49. The van der Waals surface area contributed by atoms with Gasteiger partial charge in [-0.2, -0.15) is 18.3 Å². The number of fused-ring (bicyclic) bond motifs is 2. The molecule has 2 N–H and O–H groups in total. The summed E-state index contributed by atoms with van der Waals surface area (Å²) in [5, 5.41) is 9.86. The van der Waals surface area contributed by atoms with Crippen LogP contribution in [-0.2, 0) is 4.74 Å². The topological polar surface area (TPSA) is 81.1 Å². The van der Waals surface area contributed by atoms with Gasteiger partial charge in [-0.05, 0) is 37.2 Å². The van der Waals surface area contributed by atoms with Crippen molar-refractivity contribution in [1.29, 1.82) is 0 Å². The van der Waals surface area contributed by atoms with E-state index in [2.05, 4.69) is 25.5 Å². The standard InChI is InChI=1S/C20H16F5N5O2/c21-9-1-2-10-14(7-9)30(13-4-5-26-8-12(13)22)29-16(10)11-3-6-27-18-15(11)17(20(23,24)25)32-19(31)28-18/h1-3,6-7,12-13,17,26H,4-5,8H2,(H,27,28,31)/t12-,13+,17+/m0/s1. The zero-order valence-electron chi connectivity index (χ0n) is 16.3. The lowest BCUT2D eigenvalue weighted by molar-refractivity contribution is -0.206. The van der Waals surface area contributed by atoms with Crippen molar-refractivity contribution in [3.8, 4) is 11.3 Å². The van der Waals surface area contributed by atoms with Crippen LogP contribution >= 0.6 is 0 Å². The molecular formula is C20H16F5N5O2. The number of piperidine rings is 1. The summed E-state index contributed by atoms with van der Waals surface area (Å²) < 4.78 is 75.8. The van der Waals surface area contributed by atoms with Crippen LogP contribution in [0.4, 0.5) is 32.6 Å². The first-order chi connectivity index (χ1) is 15.2. The number of hydrogen-bond acceptors (Lipinski definition) is 5. The smallest absolute Gasteiger partial charge is 0.430 e. The van der Waals surface area contributed by atoms with Crippen molar-refractivity contribution in [3.05, 3.63) is 41.8 Å². The fraction of sp³-hybridized carbons (Fsp3) is 0.350. The number of pyridine rings is 1. The van der Waals surface area contributed by atoms with E-state index in [4.69, 9.17) is 0 Å². The Morgan fingerprint density at radius 2 is 2.03 bits per heavy atom. The van der Waals surface area contributed by atoms with E-state index in [0.29, 0.717) is 18.4 Å². The number of anilines is 1. The first-order valence-corrected chi connectivity index (χ1v) is 9.80. The predicted octanol–water partition coefficient (Wildman–Crippen LogP) is 4.28. The monoisotopic (exact) mass is 453 g/mol. The molecule has 1 fully saturated rings. The van der Waals surface area contributed by atoms with Gasteiger partial charge in [0.05, 0.1) is 17.1 Å². The molecule has 2 aromatic heterocycles. The molecule has 5 rings (SSSR count). The van der Waals surface area contributed by atoms with Gasteiger partial charge in [-0.15, -0.1) is 0 Å². The van der Waals surface area contributed by atoms with E-state index >= 15 is 0 Å². The molecule has 0 spiro atoms. The lowest BCUT2D eigenvalue weighted by Crippen LogP contribution is -2.39. The normalized spacial score (nSPS) is 23.5. The number of alkyl halides is 4. The molecule has 1 amide bonds. The maximum absolute atomic E-state index is 14.7. The van der Waals surface area contributed by atoms with Crippen LogP contribution in [0.1, 0.15) is 24.1 Å². The third-order valence-electron chi connectivity index (χ3n) is 5.61. The summed E-state index contributed by atoms with van der Waals surface area (Å²) >= 11 is 0. The molecule has 2 aliphatic heterocycles. The third kappa shape index (κ3) is 3.34. The van der Waals surface area contributed by atoms with Gasteiger partial charge in [-0.1, -0.05) is 0 Å². The molecule has 0 saturated carbocycles. The van der Waals surface area contributed by atoms with Crippen LogP contribution in [-0.4, -0.2) is 46.3 Å². The second kappa shape index (κ2) is 7.40. The summed E-state index contributed by atoms with van der Waals surface area (Å²) in [5.74, 6) is -0.897. The van der Waals surface area contributed by atoms with Gasteiger partial charge in [0.1, 0.15) is 23.5 Å². The fourth-order valence-corrected chi connectivity index (χ4v) is 4.21. The van der Waals surface area contributed by atoms with Crippen molar-refractivity contribution in [2.24, 2.45) is 0 Å². The largest absolute Gasteiger partial charge is 0.431 e. The Morgan fingerprint density at radius 1 is 1.22 bits per heavy atom. The van der Waals surface area contributed by atoms with Crippen molar-refractivity contribution in [2.45, 2.75) is 30.9 Å². The number of carbonyl (C=O) groups is 1. The Hall–Kier alpha value is -3.28. The summed E-state index contributed by atoms with van der Waals surface area (Å²) in [7, 11) is 0. The van der Waals surface area contributed by atoms with Crippen LogP contribution < -0.4 is 10.6 Å². The molecule has 0 unspecified atom stereocenters. The Labute approximate surface area is 177 Å². The van der Waals surface area contributed by atoms with Crippen molar-refractivity contribution in [2.75, 3.05) is 18.4 Å². The van der Waals surface area contributed by atoms with Crippen molar-refractivity contribution < 1.29 is 31.5 Å². The Bertz CT molecular complexity index is 1210. The molecule has 1 aromatic carbocycles. The van der Waals surface area contributed by atoms with E-state index < -0.39 is 42.0 Å². The van der Waals surface area contributed by atoms with Crippen LogP contribution in [0.3, 0.4) is 0 Å². The second-order valence-electron chi connectivity index (χ2n) is 7.60. The number of nitrogens with one attached hydrogen (secondary N) is 2. The average molecular weight is 453 g/mol.